The Morgan fingerprint density at radius 2 is 2.07 bits per heavy atom. The van der Waals surface area contributed by atoms with Crippen LogP contribution >= 0.6 is 0 Å². The van der Waals surface area contributed by atoms with Crippen LogP contribution in [0.1, 0.15) is 62.6 Å². The summed E-state index contributed by atoms with van der Waals surface area (Å²) >= 11 is 0. The molecule has 0 saturated heterocycles. The number of rotatable bonds is 9. The van der Waals surface area contributed by atoms with E-state index in [1.165, 1.54) is 10.9 Å². The van der Waals surface area contributed by atoms with E-state index in [0.29, 0.717) is 0 Å². The highest BCUT2D eigenvalue weighted by Crippen LogP contribution is 2.21. The number of ether oxygens (including phenoxy) is 1. The number of fused-ring (bicyclic) bond motifs is 1. The Balaban J connectivity index is 2.21. The van der Waals surface area contributed by atoms with Gasteiger partial charge in [-0.05, 0) is 27.2 Å². The Labute approximate surface area is 157 Å². The molecule has 1 N–H and O–H groups in total. The number of amides is 1. The zero-order valence-electron chi connectivity index (χ0n) is 16.3. The fourth-order valence-electron chi connectivity index (χ4n) is 2.95. The van der Waals surface area contributed by atoms with Gasteiger partial charge in [0, 0.05) is 6.04 Å². The van der Waals surface area contributed by atoms with Gasteiger partial charge in [-0.15, -0.1) is 0 Å². The normalized spacial score (nSPS) is 12.1. The highest BCUT2D eigenvalue weighted by molar-refractivity contribution is 6.03. The minimum atomic E-state index is -0.639. The van der Waals surface area contributed by atoms with Crippen molar-refractivity contribution < 1.29 is 18.7 Å². The minimum absolute atomic E-state index is 0.0303. The van der Waals surface area contributed by atoms with Crippen LogP contribution in [0.25, 0.3) is 11.1 Å². The average molecular weight is 377 g/mol. The topological polar surface area (TPSA) is 103 Å². The second-order valence-electron chi connectivity index (χ2n) is 6.58. The third kappa shape index (κ3) is 4.96. The molecule has 8 heteroatoms. The highest BCUT2D eigenvalue weighted by atomic mass is 16.5. The first-order chi connectivity index (χ1) is 12.9. The van der Waals surface area contributed by atoms with Gasteiger partial charge in [-0.3, -0.25) is 14.2 Å². The van der Waals surface area contributed by atoms with E-state index in [4.69, 9.17) is 9.15 Å². The number of esters is 1. The first kappa shape index (κ1) is 20.7. The number of hydrogen-bond acceptors (Lipinski definition) is 6. The number of aryl methyl sites for hydroxylation is 1. The van der Waals surface area contributed by atoms with Crippen molar-refractivity contribution in [3.05, 3.63) is 28.0 Å². The van der Waals surface area contributed by atoms with E-state index in [2.05, 4.69) is 17.2 Å². The Kier molecular flexibility index (Phi) is 7.15. The summed E-state index contributed by atoms with van der Waals surface area (Å²) in [7, 11) is 0. The molecule has 0 aliphatic heterocycles. The second kappa shape index (κ2) is 9.34. The SMILES string of the molecule is CCCCC[C@H](C)NC(=O)Cn1cnc2oc(C)c(C(=O)OCC)c2c1=O. The number of carbonyl (C=O) groups is 2. The molecule has 1 amide bonds. The largest absolute Gasteiger partial charge is 0.462 e. The van der Waals surface area contributed by atoms with Crippen LogP contribution < -0.4 is 10.9 Å². The Morgan fingerprint density at radius 3 is 2.74 bits per heavy atom. The van der Waals surface area contributed by atoms with Crippen LogP contribution in [0.15, 0.2) is 15.5 Å². The number of nitrogens with zero attached hydrogens (tertiary/aromatic N) is 2. The summed E-state index contributed by atoms with van der Waals surface area (Å²) in [5, 5.41) is 2.92. The number of carbonyl (C=O) groups excluding carboxylic acids is 2. The van der Waals surface area contributed by atoms with Crippen molar-refractivity contribution in [3.63, 3.8) is 0 Å². The number of furan rings is 1. The summed E-state index contributed by atoms with van der Waals surface area (Å²) in [5.41, 5.74) is -0.383. The first-order valence-corrected chi connectivity index (χ1v) is 9.34. The van der Waals surface area contributed by atoms with E-state index >= 15 is 0 Å². The van der Waals surface area contributed by atoms with Gasteiger partial charge in [-0.2, -0.15) is 0 Å². The van der Waals surface area contributed by atoms with Crippen molar-refractivity contribution in [1.82, 2.24) is 14.9 Å². The summed E-state index contributed by atoms with van der Waals surface area (Å²) in [5.74, 6) is -0.653. The number of hydrogen-bond donors (Lipinski definition) is 1. The molecule has 0 aliphatic carbocycles. The summed E-state index contributed by atoms with van der Waals surface area (Å²) in [6.07, 6.45) is 5.43. The zero-order chi connectivity index (χ0) is 20.0. The quantitative estimate of drug-likeness (QED) is 0.532. The lowest BCUT2D eigenvalue weighted by Crippen LogP contribution is -2.37. The van der Waals surface area contributed by atoms with Crippen molar-refractivity contribution in [2.45, 2.75) is 66.0 Å². The van der Waals surface area contributed by atoms with Gasteiger partial charge in [0.25, 0.3) is 5.56 Å². The third-order valence-corrected chi connectivity index (χ3v) is 4.30. The van der Waals surface area contributed by atoms with Crippen LogP contribution in [0, 0.1) is 6.92 Å². The van der Waals surface area contributed by atoms with Gasteiger partial charge in [0.1, 0.15) is 29.6 Å². The van der Waals surface area contributed by atoms with Gasteiger partial charge in [0.05, 0.1) is 6.61 Å². The second-order valence-corrected chi connectivity index (χ2v) is 6.58. The summed E-state index contributed by atoms with van der Waals surface area (Å²) in [6, 6.07) is 0.0303. The van der Waals surface area contributed by atoms with Gasteiger partial charge >= 0.3 is 5.97 Å². The molecule has 0 saturated carbocycles. The summed E-state index contributed by atoms with van der Waals surface area (Å²) in [6.45, 7) is 7.32. The van der Waals surface area contributed by atoms with Crippen LogP contribution in [0.3, 0.4) is 0 Å². The van der Waals surface area contributed by atoms with Crippen LogP contribution in [-0.2, 0) is 16.1 Å². The molecule has 27 heavy (non-hydrogen) atoms. The van der Waals surface area contributed by atoms with Crippen molar-refractivity contribution in [2.24, 2.45) is 0 Å². The molecule has 148 valence electrons. The lowest BCUT2D eigenvalue weighted by molar-refractivity contribution is -0.122. The van der Waals surface area contributed by atoms with Crippen molar-refractivity contribution in [2.75, 3.05) is 6.61 Å². The maximum atomic E-state index is 12.8. The monoisotopic (exact) mass is 377 g/mol. The van der Waals surface area contributed by atoms with Crippen molar-refractivity contribution in [1.29, 1.82) is 0 Å². The highest BCUT2D eigenvalue weighted by Gasteiger charge is 2.24. The van der Waals surface area contributed by atoms with E-state index in [1.54, 1.807) is 13.8 Å². The van der Waals surface area contributed by atoms with Crippen LogP contribution in [-0.4, -0.2) is 34.1 Å². The smallest absolute Gasteiger partial charge is 0.342 e. The van der Waals surface area contributed by atoms with Crippen LogP contribution in [0.2, 0.25) is 0 Å². The standard InChI is InChI=1S/C19H27N3O5/c1-5-7-8-9-12(3)21-14(23)10-22-11-20-17-16(18(22)24)15(13(4)27-17)19(25)26-6-2/h11-12H,5-10H2,1-4H3,(H,21,23)/t12-/m0/s1. The maximum absolute atomic E-state index is 12.8. The molecule has 2 heterocycles. The number of unbranched alkanes of at least 4 members (excludes halogenated alkanes) is 2. The van der Waals surface area contributed by atoms with Gasteiger partial charge in [-0.1, -0.05) is 26.2 Å². The van der Waals surface area contributed by atoms with Crippen molar-refractivity contribution in [3.8, 4) is 0 Å². The lowest BCUT2D eigenvalue weighted by atomic mass is 10.1. The Bertz CT molecular complexity index is 868. The number of aromatic nitrogens is 2. The van der Waals surface area contributed by atoms with Gasteiger partial charge in [0.15, 0.2) is 0 Å². The maximum Gasteiger partial charge on any atom is 0.342 e. The first-order valence-electron chi connectivity index (χ1n) is 9.34. The molecule has 0 bridgehead atoms. The molecule has 0 radical (unpaired) electrons. The fraction of sp³-hybridized carbons (Fsp3) is 0.579. The predicted molar refractivity (Wildman–Crippen MR) is 101 cm³/mol. The molecule has 0 spiro atoms. The molecule has 0 aromatic carbocycles. The predicted octanol–water partition coefficient (Wildman–Crippen LogP) is 2.56. The van der Waals surface area contributed by atoms with Crippen molar-refractivity contribution >= 4 is 23.0 Å². The van der Waals surface area contributed by atoms with Crippen LogP contribution in [0.4, 0.5) is 0 Å². The Morgan fingerprint density at radius 1 is 1.33 bits per heavy atom. The van der Waals surface area contributed by atoms with E-state index in [9.17, 15) is 14.4 Å². The molecule has 2 rings (SSSR count). The fourth-order valence-corrected chi connectivity index (χ4v) is 2.95. The number of nitrogens with one attached hydrogen (secondary N) is 1. The molecule has 2 aromatic rings. The molecular weight excluding hydrogens is 350 g/mol. The molecular formula is C19H27N3O5. The molecule has 0 fully saturated rings. The molecule has 0 unspecified atom stereocenters. The molecule has 1 atom stereocenters. The zero-order valence-corrected chi connectivity index (χ0v) is 16.3. The van der Waals surface area contributed by atoms with Gasteiger partial charge < -0.3 is 14.5 Å². The minimum Gasteiger partial charge on any atom is -0.462 e. The van der Waals surface area contributed by atoms with Gasteiger partial charge in [-0.25, -0.2) is 9.78 Å². The van der Waals surface area contributed by atoms with Gasteiger partial charge in [0.2, 0.25) is 11.6 Å². The third-order valence-electron chi connectivity index (χ3n) is 4.30. The van der Waals surface area contributed by atoms with E-state index in [-0.39, 0.29) is 47.5 Å². The van der Waals surface area contributed by atoms with Crippen LogP contribution in [0.5, 0.6) is 0 Å². The van der Waals surface area contributed by atoms with E-state index < -0.39 is 11.5 Å². The average Bonchev–Trinajstić information content (AvgIpc) is 2.94. The summed E-state index contributed by atoms with van der Waals surface area (Å²) in [4.78, 5) is 41.3. The Hall–Kier alpha value is -2.64. The molecule has 8 nitrogen and oxygen atoms in total. The lowest BCUT2D eigenvalue weighted by Gasteiger charge is -2.14. The van der Waals surface area contributed by atoms with E-state index in [1.807, 2.05) is 6.92 Å². The van der Waals surface area contributed by atoms with E-state index in [0.717, 1.165) is 25.7 Å². The molecule has 0 aliphatic rings. The molecule has 2 aromatic heterocycles. The summed E-state index contributed by atoms with van der Waals surface area (Å²) < 4.78 is 11.6.